The fourth-order valence-corrected chi connectivity index (χ4v) is 6.05. The largest absolute Gasteiger partial charge is 0.496 e. The Labute approximate surface area is 216 Å². The Balaban J connectivity index is 1.51. The molecule has 1 amide bonds. The van der Waals surface area contributed by atoms with E-state index in [2.05, 4.69) is 31.2 Å². The highest BCUT2D eigenvalue weighted by Gasteiger charge is 2.42. The van der Waals surface area contributed by atoms with E-state index in [1.165, 1.54) is 37.7 Å². The van der Waals surface area contributed by atoms with Crippen LogP contribution in [-0.2, 0) is 4.79 Å². The molecule has 2 aliphatic carbocycles. The van der Waals surface area contributed by atoms with E-state index < -0.39 is 0 Å². The molecule has 1 heterocycles. The van der Waals surface area contributed by atoms with Gasteiger partial charge in [-0.05, 0) is 87.7 Å². The molecule has 1 aromatic carbocycles. The zero-order valence-corrected chi connectivity index (χ0v) is 22.9. The van der Waals surface area contributed by atoms with E-state index in [4.69, 9.17) is 9.26 Å². The van der Waals surface area contributed by atoms with E-state index in [1.54, 1.807) is 7.11 Å². The first-order valence-corrected chi connectivity index (χ1v) is 13.7. The van der Waals surface area contributed by atoms with Crippen LogP contribution in [-0.4, -0.2) is 29.9 Å². The van der Waals surface area contributed by atoms with Gasteiger partial charge in [-0.2, -0.15) is 0 Å². The van der Waals surface area contributed by atoms with Crippen molar-refractivity contribution < 1.29 is 19.2 Å². The predicted octanol–water partition coefficient (Wildman–Crippen LogP) is 6.99. The van der Waals surface area contributed by atoms with Crippen molar-refractivity contribution in [3.8, 4) is 5.75 Å². The van der Waals surface area contributed by atoms with Crippen LogP contribution in [0.1, 0.15) is 118 Å². The summed E-state index contributed by atoms with van der Waals surface area (Å²) in [6, 6.07) is 3.90. The summed E-state index contributed by atoms with van der Waals surface area (Å²) < 4.78 is 11.6. The number of aromatic nitrogens is 1. The van der Waals surface area contributed by atoms with Crippen LogP contribution in [0.2, 0.25) is 0 Å². The fourth-order valence-electron chi connectivity index (χ4n) is 6.05. The van der Waals surface area contributed by atoms with Gasteiger partial charge in [0.25, 0.3) is 0 Å². The number of nitrogens with zero attached hydrogens (tertiary/aromatic N) is 1. The first-order valence-electron chi connectivity index (χ1n) is 13.7. The third kappa shape index (κ3) is 6.13. The lowest BCUT2D eigenvalue weighted by Crippen LogP contribution is -2.26. The molecule has 1 atom stereocenters. The van der Waals surface area contributed by atoms with Gasteiger partial charge < -0.3 is 19.7 Å². The molecule has 0 saturated heterocycles. The molecule has 198 valence electrons. The van der Waals surface area contributed by atoms with Gasteiger partial charge in [-0.25, -0.2) is 0 Å². The molecule has 0 spiro atoms. The Hall–Kier alpha value is -2.34. The molecule has 0 bridgehead atoms. The van der Waals surface area contributed by atoms with E-state index in [1.807, 2.05) is 26.0 Å². The number of carbonyl (C=O) groups is 1. The minimum absolute atomic E-state index is 0.0490. The first-order chi connectivity index (χ1) is 17.1. The number of aliphatic hydroxyl groups excluding tert-OH is 1. The number of rotatable bonds is 11. The van der Waals surface area contributed by atoms with Crippen LogP contribution in [0.5, 0.6) is 5.75 Å². The van der Waals surface area contributed by atoms with Crippen molar-refractivity contribution in [1.29, 1.82) is 0 Å². The van der Waals surface area contributed by atoms with Crippen molar-refractivity contribution in [2.75, 3.05) is 19.0 Å². The van der Waals surface area contributed by atoms with Crippen LogP contribution >= 0.6 is 0 Å². The van der Waals surface area contributed by atoms with Crippen molar-refractivity contribution >= 4 is 11.6 Å². The topological polar surface area (TPSA) is 84.6 Å². The second-order valence-electron chi connectivity index (χ2n) is 12.3. The maximum Gasteiger partial charge on any atom is 0.225 e. The molecule has 0 aliphatic heterocycles. The molecular formula is C30H44N2O4. The Bertz CT molecular complexity index is 1060. The highest BCUT2D eigenvalue weighted by atomic mass is 16.5. The molecule has 2 aromatic rings. The summed E-state index contributed by atoms with van der Waals surface area (Å²) in [7, 11) is 1.65. The lowest BCUT2D eigenvalue weighted by Gasteiger charge is -2.38. The lowest BCUT2D eigenvalue weighted by atomic mass is 9.66. The minimum atomic E-state index is -0.0663. The highest BCUT2D eigenvalue weighted by molar-refractivity contribution is 5.92. The molecule has 2 N–H and O–H groups in total. The summed E-state index contributed by atoms with van der Waals surface area (Å²) in [5.74, 6) is 3.46. The second kappa shape index (κ2) is 11.0. The van der Waals surface area contributed by atoms with E-state index >= 15 is 0 Å². The van der Waals surface area contributed by atoms with Crippen LogP contribution in [0.4, 0.5) is 5.69 Å². The summed E-state index contributed by atoms with van der Waals surface area (Å²) in [6.45, 7) is 11.0. The van der Waals surface area contributed by atoms with Crippen molar-refractivity contribution in [3.63, 3.8) is 0 Å². The van der Waals surface area contributed by atoms with E-state index in [9.17, 15) is 9.90 Å². The zero-order valence-electron chi connectivity index (χ0n) is 22.9. The zero-order chi connectivity index (χ0) is 26.0. The Morgan fingerprint density at radius 2 is 1.94 bits per heavy atom. The number of amides is 1. The molecular weight excluding hydrogens is 452 g/mol. The van der Waals surface area contributed by atoms with Gasteiger partial charge in [-0.1, -0.05) is 32.0 Å². The number of aryl methyl sites for hydroxylation is 1. The summed E-state index contributed by atoms with van der Waals surface area (Å²) in [6.07, 6.45) is 7.58. The number of anilines is 1. The Kier molecular flexibility index (Phi) is 8.13. The Morgan fingerprint density at radius 3 is 2.56 bits per heavy atom. The third-order valence-electron chi connectivity index (χ3n) is 7.89. The van der Waals surface area contributed by atoms with Gasteiger partial charge in [0.15, 0.2) is 0 Å². The number of ether oxygens (including phenoxy) is 1. The van der Waals surface area contributed by atoms with Crippen molar-refractivity contribution in [2.24, 2.45) is 11.3 Å². The summed E-state index contributed by atoms with van der Waals surface area (Å²) in [4.78, 5) is 13.2. The minimum Gasteiger partial charge on any atom is -0.496 e. The molecule has 2 saturated carbocycles. The fraction of sp³-hybridized carbons (Fsp3) is 0.667. The molecule has 0 radical (unpaired) electrons. The number of hydrogen-bond acceptors (Lipinski definition) is 5. The lowest BCUT2D eigenvalue weighted by molar-refractivity contribution is -0.116. The molecule has 2 aliphatic rings. The Morgan fingerprint density at radius 1 is 1.22 bits per heavy atom. The van der Waals surface area contributed by atoms with Crippen molar-refractivity contribution in [3.05, 3.63) is 40.3 Å². The number of benzene rings is 1. The summed E-state index contributed by atoms with van der Waals surface area (Å²) in [5.41, 5.74) is 5.32. The number of methoxy groups -OCH3 is 1. The summed E-state index contributed by atoms with van der Waals surface area (Å²) >= 11 is 0. The van der Waals surface area contributed by atoms with Crippen LogP contribution in [0, 0.1) is 25.2 Å². The smallest absolute Gasteiger partial charge is 0.225 e. The van der Waals surface area contributed by atoms with E-state index in [-0.39, 0.29) is 18.4 Å². The molecule has 6 nitrogen and oxygen atoms in total. The van der Waals surface area contributed by atoms with E-state index in [0.29, 0.717) is 36.5 Å². The molecule has 1 aromatic heterocycles. The average molecular weight is 497 g/mol. The van der Waals surface area contributed by atoms with E-state index in [0.717, 1.165) is 39.9 Å². The molecule has 2 fully saturated rings. The summed E-state index contributed by atoms with van der Waals surface area (Å²) in [5, 5.41) is 17.2. The van der Waals surface area contributed by atoms with Crippen LogP contribution in [0.25, 0.3) is 0 Å². The average Bonchev–Trinajstić information content (AvgIpc) is 3.53. The van der Waals surface area contributed by atoms with Gasteiger partial charge in [0, 0.05) is 41.7 Å². The van der Waals surface area contributed by atoms with Gasteiger partial charge in [-0.3, -0.25) is 4.79 Å². The van der Waals surface area contributed by atoms with Crippen LogP contribution in [0.3, 0.4) is 0 Å². The standard InChI is InChI=1S/C30H44N2O4/c1-18-9-12-24(19(2)28(18)35-6)31-25(34)16-22(8-7-13-33)27-26(21-10-11-21)29(36-32-27)23-14-20(15-23)17-30(3,4)5/h9,12,20-23,33H,7-8,10-11,13-17H2,1-6H3,(H,31,34)/t20-,22-,23+/m0/s1. The maximum absolute atomic E-state index is 13.2. The molecule has 4 rings (SSSR count). The highest BCUT2D eigenvalue weighted by Crippen LogP contribution is 2.53. The van der Waals surface area contributed by atoms with Gasteiger partial charge >= 0.3 is 0 Å². The van der Waals surface area contributed by atoms with Crippen LogP contribution < -0.4 is 10.1 Å². The van der Waals surface area contributed by atoms with Crippen molar-refractivity contribution in [2.45, 2.75) is 104 Å². The van der Waals surface area contributed by atoms with Gasteiger partial charge in [0.1, 0.15) is 11.5 Å². The maximum atomic E-state index is 13.2. The second-order valence-corrected chi connectivity index (χ2v) is 12.3. The van der Waals surface area contributed by atoms with Gasteiger partial charge in [0.05, 0.1) is 12.8 Å². The number of nitrogens with one attached hydrogen (secondary N) is 1. The van der Waals surface area contributed by atoms with Gasteiger partial charge in [0.2, 0.25) is 5.91 Å². The number of hydrogen-bond donors (Lipinski definition) is 2. The number of aliphatic hydroxyl groups is 1. The van der Waals surface area contributed by atoms with Gasteiger partial charge in [-0.15, -0.1) is 0 Å². The van der Waals surface area contributed by atoms with Crippen molar-refractivity contribution in [1.82, 2.24) is 5.16 Å². The normalized spacial score (nSPS) is 20.6. The molecule has 6 heteroatoms. The number of carbonyl (C=O) groups excluding carboxylic acids is 1. The molecule has 0 unspecified atom stereocenters. The predicted molar refractivity (Wildman–Crippen MR) is 143 cm³/mol. The SMILES string of the molecule is COc1c(C)ccc(NC(=O)C[C@H](CCCO)c2noc([C@H]3C[C@@H](CC(C)(C)C)C3)c2C2CC2)c1C. The first kappa shape index (κ1) is 26.7. The van der Waals surface area contributed by atoms with Crippen LogP contribution in [0.15, 0.2) is 16.7 Å². The molecule has 36 heavy (non-hydrogen) atoms. The third-order valence-corrected chi connectivity index (χ3v) is 7.89. The monoisotopic (exact) mass is 496 g/mol. The quantitative estimate of drug-likeness (QED) is 0.350.